The summed E-state index contributed by atoms with van der Waals surface area (Å²) in [6, 6.07) is 12.5. The van der Waals surface area contributed by atoms with Gasteiger partial charge in [0.25, 0.3) is 0 Å². The minimum absolute atomic E-state index is 0.0232. The number of likely N-dealkylation sites (tertiary alicyclic amines) is 1. The fraction of sp³-hybridized carbons (Fsp3) is 0.458. The van der Waals surface area contributed by atoms with Gasteiger partial charge < -0.3 is 15.0 Å². The Morgan fingerprint density at radius 1 is 1.13 bits per heavy atom. The summed E-state index contributed by atoms with van der Waals surface area (Å²) < 4.78 is 6.15. The zero-order chi connectivity index (χ0) is 21.1. The Balaban J connectivity index is 1.31. The third-order valence-corrected chi connectivity index (χ3v) is 6.67. The first-order valence-corrected chi connectivity index (χ1v) is 11.5. The molecule has 2 heterocycles. The Hall–Kier alpha value is -1.75. The molecule has 2 aliphatic heterocycles. The minimum Gasteiger partial charge on any atom is -0.491 e. The van der Waals surface area contributed by atoms with E-state index >= 15 is 0 Å². The predicted molar refractivity (Wildman–Crippen MR) is 123 cm³/mol. The molecule has 0 aromatic heterocycles. The monoisotopic (exact) mass is 446 g/mol. The van der Waals surface area contributed by atoms with Crippen LogP contribution in [0.25, 0.3) is 0 Å². The highest BCUT2D eigenvalue weighted by Gasteiger charge is 2.25. The number of nitrogens with zero attached hydrogens (tertiary/aromatic N) is 1. The lowest BCUT2D eigenvalue weighted by molar-refractivity contribution is -0.116. The molecule has 1 unspecified atom stereocenters. The van der Waals surface area contributed by atoms with Crippen molar-refractivity contribution in [2.24, 2.45) is 5.92 Å². The Bertz CT molecular complexity index is 896. The van der Waals surface area contributed by atoms with Crippen LogP contribution in [0.4, 0.5) is 5.69 Å². The zero-order valence-corrected chi connectivity index (χ0v) is 18.8. The molecular weight excluding hydrogens is 419 g/mol. The number of halogens is 2. The average Bonchev–Trinajstić information content (AvgIpc) is 2.75. The number of amides is 1. The van der Waals surface area contributed by atoms with Crippen molar-refractivity contribution >= 4 is 34.8 Å². The molecule has 0 spiro atoms. The normalized spacial score (nSPS) is 18.6. The predicted octanol–water partition coefficient (Wildman–Crippen LogP) is 5.77. The maximum absolute atomic E-state index is 11.7. The summed E-state index contributed by atoms with van der Waals surface area (Å²) in [6.45, 7) is 6.04. The van der Waals surface area contributed by atoms with Gasteiger partial charge in [0.1, 0.15) is 5.75 Å². The van der Waals surface area contributed by atoms with Crippen LogP contribution < -0.4 is 10.1 Å². The maximum Gasteiger partial charge on any atom is 0.224 e. The Morgan fingerprint density at radius 3 is 2.60 bits per heavy atom. The van der Waals surface area contributed by atoms with Gasteiger partial charge in [0.05, 0.1) is 22.3 Å². The van der Waals surface area contributed by atoms with Gasteiger partial charge in [-0.05, 0) is 49.9 Å². The van der Waals surface area contributed by atoms with Crippen LogP contribution in [0, 0.1) is 5.92 Å². The number of benzene rings is 2. The number of nitrogens with one attached hydrogen (secondary N) is 1. The molecule has 0 saturated carbocycles. The van der Waals surface area contributed by atoms with Crippen LogP contribution in [0.5, 0.6) is 5.75 Å². The molecule has 1 fully saturated rings. The molecule has 1 saturated heterocycles. The van der Waals surface area contributed by atoms with Crippen molar-refractivity contribution in [2.45, 2.75) is 38.5 Å². The number of anilines is 1. The summed E-state index contributed by atoms with van der Waals surface area (Å²) in [6.07, 6.45) is 3.42. The van der Waals surface area contributed by atoms with E-state index in [1.807, 2.05) is 0 Å². The van der Waals surface area contributed by atoms with E-state index < -0.39 is 0 Å². The molecule has 1 amide bonds. The number of fused-ring (bicyclic) bond motifs is 1. The van der Waals surface area contributed by atoms with Crippen LogP contribution in [0.3, 0.4) is 0 Å². The van der Waals surface area contributed by atoms with Crippen molar-refractivity contribution in [1.82, 2.24) is 4.90 Å². The summed E-state index contributed by atoms with van der Waals surface area (Å²) >= 11 is 12.7. The van der Waals surface area contributed by atoms with Crippen molar-refractivity contribution in [3.05, 3.63) is 57.6 Å². The topological polar surface area (TPSA) is 41.6 Å². The van der Waals surface area contributed by atoms with E-state index in [4.69, 9.17) is 27.9 Å². The third kappa shape index (κ3) is 4.93. The number of carbonyl (C=O) groups excluding carboxylic acids is 1. The van der Waals surface area contributed by atoms with E-state index in [1.165, 1.54) is 18.4 Å². The molecule has 0 bridgehead atoms. The quantitative estimate of drug-likeness (QED) is 0.611. The summed E-state index contributed by atoms with van der Waals surface area (Å²) in [5, 5.41) is 3.82. The Kier molecular flexibility index (Phi) is 6.87. The molecule has 1 atom stereocenters. The van der Waals surface area contributed by atoms with Crippen LogP contribution in [-0.2, 0) is 11.2 Å². The van der Waals surface area contributed by atoms with Crippen molar-refractivity contribution in [3.8, 4) is 5.75 Å². The highest BCUT2D eigenvalue weighted by molar-refractivity contribution is 6.38. The molecule has 2 aromatic rings. The SMILES string of the molecule is CC(COc1c(Cl)cc(Cl)c2c1CCC(=O)N2)CN1CCC(c2ccccc2)CC1. The first kappa shape index (κ1) is 21.5. The maximum atomic E-state index is 11.7. The Labute approximate surface area is 188 Å². The average molecular weight is 447 g/mol. The van der Waals surface area contributed by atoms with E-state index in [-0.39, 0.29) is 5.91 Å². The summed E-state index contributed by atoms with van der Waals surface area (Å²) in [4.78, 5) is 14.3. The molecule has 2 aliphatic rings. The minimum atomic E-state index is -0.0232. The van der Waals surface area contributed by atoms with Gasteiger partial charge >= 0.3 is 0 Å². The van der Waals surface area contributed by atoms with Gasteiger partial charge in [-0.15, -0.1) is 0 Å². The van der Waals surface area contributed by atoms with E-state index in [9.17, 15) is 4.79 Å². The number of hydrogen-bond donors (Lipinski definition) is 1. The van der Waals surface area contributed by atoms with Crippen molar-refractivity contribution in [2.75, 3.05) is 31.6 Å². The molecule has 4 rings (SSSR count). The largest absolute Gasteiger partial charge is 0.491 e. The van der Waals surface area contributed by atoms with Crippen LogP contribution >= 0.6 is 23.2 Å². The van der Waals surface area contributed by atoms with Crippen LogP contribution in [-0.4, -0.2) is 37.0 Å². The van der Waals surface area contributed by atoms with E-state index in [2.05, 4.69) is 47.5 Å². The first-order chi connectivity index (χ1) is 14.5. The summed E-state index contributed by atoms with van der Waals surface area (Å²) in [5.41, 5.74) is 3.01. The molecule has 160 valence electrons. The molecule has 0 radical (unpaired) electrons. The smallest absolute Gasteiger partial charge is 0.224 e. The van der Waals surface area contributed by atoms with Crippen LogP contribution in [0.2, 0.25) is 10.0 Å². The zero-order valence-electron chi connectivity index (χ0n) is 17.3. The molecule has 2 aromatic carbocycles. The fourth-order valence-electron chi connectivity index (χ4n) is 4.51. The molecule has 30 heavy (non-hydrogen) atoms. The second-order valence-electron chi connectivity index (χ2n) is 8.47. The van der Waals surface area contributed by atoms with Crippen LogP contribution in [0.15, 0.2) is 36.4 Å². The van der Waals surface area contributed by atoms with E-state index in [0.717, 1.165) is 25.2 Å². The number of rotatable bonds is 6. The van der Waals surface area contributed by atoms with Gasteiger partial charge in [-0.2, -0.15) is 0 Å². The van der Waals surface area contributed by atoms with Gasteiger partial charge in [-0.3, -0.25) is 4.79 Å². The van der Waals surface area contributed by atoms with Crippen molar-refractivity contribution < 1.29 is 9.53 Å². The molecule has 1 N–H and O–H groups in total. The second-order valence-corrected chi connectivity index (χ2v) is 9.29. The number of carbonyl (C=O) groups is 1. The van der Waals surface area contributed by atoms with E-state index in [0.29, 0.717) is 52.8 Å². The lowest BCUT2D eigenvalue weighted by Crippen LogP contribution is -2.37. The van der Waals surface area contributed by atoms with Gasteiger partial charge in [0.2, 0.25) is 5.91 Å². The van der Waals surface area contributed by atoms with Gasteiger partial charge in [0.15, 0.2) is 0 Å². The number of hydrogen-bond acceptors (Lipinski definition) is 3. The van der Waals surface area contributed by atoms with Gasteiger partial charge in [-0.1, -0.05) is 60.5 Å². The first-order valence-electron chi connectivity index (χ1n) is 10.7. The van der Waals surface area contributed by atoms with Gasteiger partial charge in [0, 0.05) is 24.4 Å². The second kappa shape index (κ2) is 9.59. The lowest BCUT2D eigenvalue weighted by atomic mass is 9.89. The van der Waals surface area contributed by atoms with Crippen molar-refractivity contribution in [1.29, 1.82) is 0 Å². The standard InChI is InChI=1S/C24H28Cl2N2O2/c1-16(14-28-11-9-18(10-12-28)17-5-3-2-4-6-17)15-30-24-19-7-8-22(29)27-23(19)20(25)13-21(24)26/h2-6,13,16,18H,7-12,14-15H2,1H3,(H,27,29). The highest BCUT2D eigenvalue weighted by Crippen LogP contribution is 2.42. The fourth-order valence-corrected chi connectivity index (χ4v) is 5.12. The number of ether oxygens (including phenoxy) is 1. The van der Waals surface area contributed by atoms with Crippen LogP contribution in [0.1, 0.15) is 43.2 Å². The summed E-state index contributed by atoms with van der Waals surface area (Å²) in [5.74, 6) is 1.68. The molecule has 0 aliphatic carbocycles. The Morgan fingerprint density at radius 2 is 1.87 bits per heavy atom. The molecule has 6 heteroatoms. The molecular formula is C24H28Cl2N2O2. The third-order valence-electron chi connectivity index (χ3n) is 6.09. The van der Waals surface area contributed by atoms with E-state index in [1.54, 1.807) is 6.07 Å². The number of piperidine rings is 1. The summed E-state index contributed by atoms with van der Waals surface area (Å²) in [7, 11) is 0. The lowest BCUT2D eigenvalue weighted by Gasteiger charge is -2.34. The van der Waals surface area contributed by atoms with Crippen molar-refractivity contribution in [3.63, 3.8) is 0 Å². The highest BCUT2D eigenvalue weighted by atomic mass is 35.5. The molecule has 4 nitrogen and oxygen atoms in total. The van der Waals surface area contributed by atoms with Gasteiger partial charge in [-0.25, -0.2) is 0 Å².